The zero-order valence-electron chi connectivity index (χ0n) is 12.5. The number of nitrogens with one attached hydrogen (secondary N) is 1. The van der Waals surface area contributed by atoms with Gasteiger partial charge in [0.1, 0.15) is 0 Å². The number of benzene rings is 2. The van der Waals surface area contributed by atoms with Gasteiger partial charge in [-0.05, 0) is 29.7 Å². The molecule has 2 aromatic rings. The molecule has 0 saturated carbocycles. The molecule has 0 aliphatic rings. The Hall–Kier alpha value is -2.29. The third kappa shape index (κ3) is 4.63. The first-order chi connectivity index (χ1) is 10.2. The first kappa shape index (κ1) is 15.1. The van der Waals surface area contributed by atoms with Gasteiger partial charge in [0.15, 0.2) is 0 Å². The van der Waals surface area contributed by atoms with Crippen molar-refractivity contribution in [3.8, 4) is 0 Å². The van der Waals surface area contributed by atoms with E-state index in [1.54, 1.807) is 0 Å². The van der Waals surface area contributed by atoms with Crippen LogP contribution >= 0.6 is 0 Å². The van der Waals surface area contributed by atoms with Crippen LogP contribution in [0.25, 0.3) is 0 Å². The van der Waals surface area contributed by atoms with E-state index in [0.717, 1.165) is 19.5 Å². The molecule has 0 aliphatic carbocycles. The molecule has 0 aromatic heterocycles. The van der Waals surface area contributed by atoms with Crippen LogP contribution in [0.3, 0.4) is 0 Å². The fourth-order valence-electron chi connectivity index (χ4n) is 2.29. The molecule has 0 heterocycles. The summed E-state index contributed by atoms with van der Waals surface area (Å²) in [5.41, 5.74) is 9.30. The van der Waals surface area contributed by atoms with Crippen molar-refractivity contribution in [3.05, 3.63) is 65.7 Å². The van der Waals surface area contributed by atoms with Crippen molar-refractivity contribution in [1.29, 1.82) is 5.41 Å². The molecule has 0 aliphatic heterocycles. The number of anilines is 1. The number of amidine groups is 1. The second-order valence-corrected chi connectivity index (χ2v) is 5.20. The summed E-state index contributed by atoms with van der Waals surface area (Å²) in [6, 6.07) is 19.0. The topological polar surface area (TPSA) is 53.1 Å². The van der Waals surface area contributed by atoms with Crippen molar-refractivity contribution in [2.24, 2.45) is 5.73 Å². The van der Waals surface area contributed by atoms with Crippen molar-refractivity contribution in [1.82, 2.24) is 0 Å². The van der Waals surface area contributed by atoms with Gasteiger partial charge in [0.05, 0.1) is 5.84 Å². The predicted molar refractivity (Wildman–Crippen MR) is 89.8 cm³/mol. The molecule has 3 N–H and O–H groups in total. The summed E-state index contributed by atoms with van der Waals surface area (Å²) in [5, 5.41) is 7.43. The number of rotatable bonds is 7. The Bertz CT molecular complexity index is 561. The Morgan fingerprint density at radius 1 is 1.00 bits per heavy atom. The monoisotopic (exact) mass is 281 g/mol. The van der Waals surface area contributed by atoms with Crippen molar-refractivity contribution >= 4 is 11.5 Å². The van der Waals surface area contributed by atoms with E-state index < -0.39 is 0 Å². The van der Waals surface area contributed by atoms with Crippen LogP contribution in [-0.2, 0) is 13.0 Å². The second-order valence-electron chi connectivity index (χ2n) is 5.20. The van der Waals surface area contributed by atoms with E-state index in [9.17, 15) is 0 Å². The van der Waals surface area contributed by atoms with Crippen molar-refractivity contribution in [2.45, 2.75) is 26.3 Å². The van der Waals surface area contributed by atoms with Gasteiger partial charge in [-0.3, -0.25) is 5.41 Å². The van der Waals surface area contributed by atoms with E-state index in [0.29, 0.717) is 6.42 Å². The normalized spacial score (nSPS) is 10.3. The molecule has 0 amide bonds. The van der Waals surface area contributed by atoms with Gasteiger partial charge in [0.2, 0.25) is 0 Å². The highest BCUT2D eigenvalue weighted by Crippen LogP contribution is 2.17. The lowest BCUT2D eigenvalue weighted by Gasteiger charge is -2.25. The average Bonchev–Trinajstić information content (AvgIpc) is 2.52. The van der Waals surface area contributed by atoms with Gasteiger partial charge >= 0.3 is 0 Å². The molecule has 110 valence electrons. The maximum Gasteiger partial charge on any atom is 0.0923 e. The summed E-state index contributed by atoms with van der Waals surface area (Å²) in [6.07, 6.45) is 1.65. The van der Waals surface area contributed by atoms with E-state index in [1.807, 2.05) is 18.2 Å². The second kappa shape index (κ2) is 7.48. The van der Waals surface area contributed by atoms with Crippen LogP contribution in [0.5, 0.6) is 0 Å². The lowest BCUT2D eigenvalue weighted by molar-refractivity contribution is 0.801. The molecule has 2 aromatic carbocycles. The molecular formula is C18H23N3. The standard InChI is InChI=1S/C18H23N3/c1-2-15-8-10-16(11-9-15)14-21(13-12-18(19)20)17-6-4-3-5-7-17/h3-11H,2,12-14H2,1H3,(H3,19,20). The fraction of sp³-hybridized carbons (Fsp3) is 0.278. The predicted octanol–water partition coefficient (Wildman–Crippen LogP) is 3.58. The van der Waals surface area contributed by atoms with Crippen molar-refractivity contribution in [3.63, 3.8) is 0 Å². The quantitative estimate of drug-likeness (QED) is 0.602. The molecular weight excluding hydrogens is 258 g/mol. The number of hydrogen-bond donors (Lipinski definition) is 2. The smallest absolute Gasteiger partial charge is 0.0923 e. The summed E-state index contributed by atoms with van der Waals surface area (Å²) in [4.78, 5) is 2.27. The van der Waals surface area contributed by atoms with E-state index in [1.165, 1.54) is 16.8 Å². The van der Waals surface area contributed by atoms with E-state index in [-0.39, 0.29) is 5.84 Å². The summed E-state index contributed by atoms with van der Waals surface area (Å²) in [5.74, 6) is 0.234. The van der Waals surface area contributed by atoms with Gasteiger partial charge < -0.3 is 10.6 Å². The van der Waals surface area contributed by atoms with Gasteiger partial charge in [-0.1, -0.05) is 49.4 Å². The number of aryl methyl sites for hydroxylation is 1. The molecule has 0 bridgehead atoms. The zero-order valence-corrected chi connectivity index (χ0v) is 12.5. The third-order valence-electron chi connectivity index (χ3n) is 3.58. The number of para-hydroxylation sites is 1. The van der Waals surface area contributed by atoms with Gasteiger partial charge in [0.25, 0.3) is 0 Å². The maximum atomic E-state index is 7.43. The Morgan fingerprint density at radius 3 is 2.19 bits per heavy atom. The molecule has 0 saturated heterocycles. The maximum absolute atomic E-state index is 7.43. The van der Waals surface area contributed by atoms with E-state index in [2.05, 4.69) is 48.2 Å². The van der Waals surface area contributed by atoms with Crippen LogP contribution in [0.1, 0.15) is 24.5 Å². The lowest BCUT2D eigenvalue weighted by Crippen LogP contribution is -2.27. The molecule has 0 unspecified atom stereocenters. The van der Waals surface area contributed by atoms with Crippen LogP contribution < -0.4 is 10.6 Å². The SMILES string of the molecule is CCc1ccc(CN(CCC(=N)N)c2ccccc2)cc1. The highest BCUT2D eigenvalue weighted by atomic mass is 15.1. The molecule has 2 rings (SSSR count). The molecule has 0 spiro atoms. The minimum atomic E-state index is 0.234. The Balaban J connectivity index is 2.12. The van der Waals surface area contributed by atoms with Crippen LogP contribution in [0.4, 0.5) is 5.69 Å². The van der Waals surface area contributed by atoms with Crippen LogP contribution in [0.2, 0.25) is 0 Å². The minimum absolute atomic E-state index is 0.234. The highest BCUT2D eigenvalue weighted by molar-refractivity contribution is 5.77. The largest absolute Gasteiger partial charge is 0.388 e. The molecule has 3 heteroatoms. The van der Waals surface area contributed by atoms with Gasteiger partial charge in [-0.25, -0.2) is 0 Å². The molecule has 21 heavy (non-hydrogen) atoms. The van der Waals surface area contributed by atoms with Crippen LogP contribution in [0.15, 0.2) is 54.6 Å². The first-order valence-corrected chi connectivity index (χ1v) is 7.39. The van der Waals surface area contributed by atoms with Crippen LogP contribution in [-0.4, -0.2) is 12.4 Å². The molecule has 0 atom stereocenters. The molecule has 0 fully saturated rings. The Kier molecular flexibility index (Phi) is 5.38. The third-order valence-corrected chi connectivity index (χ3v) is 3.58. The number of nitrogens with two attached hydrogens (primary N) is 1. The average molecular weight is 281 g/mol. The highest BCUT2D eigenvalue weighted by Gasteiger charge is 2.07. The lowest BCUT2D eigenvalue weighted by atomic mass is 10.1. The van der Waals surface area contributed by atoms with Gasteiger partial charge in [0, 0.05) is 25.2 Å². The minimum Gasteiger partial charge on any atom is -0.388 e. The van der Waals surface area contributed by atoms with Crippen molar-refractivity contribution < 1.29 is 0 Å². The summed E-state index contributed by atoms with van der Waals surface area (Å²) >= 11 is 0. The Morgan fingerprint density at radius 2 is 1.62 bits per heavy atom. The number of hydrogen-bond acceptors (Lipinski definition) is 2. The van der Waals surface area contributed by atoms with Crippen molar-refractivity contribution in [2.75, 3.05) is 11.4 Å². The summed E-state index contributed by atoms with van der Waals surface area (Å²) in [6.45, 7) is 3.76. The van der Waals surface area contributed by atoms with Crippen LogP contribution in [0, 0.1) is 5.41 Å². The number of nitrogens with zero attached hydrogens (tertiary/aromatic N) is 1. The Labute approximate surface area is 126 Å². The molecule has 3 nitrogen and oxygen atoms in total. The zero-order chi connectivity index (χ0) is 15.1. The van der Waals surface area contributed by atoms with E-state index in [4.69, 9.17) is 11.1 Å². The fourth-order valence-corrected chi connectivity index (χ4v) is 2.29. The summed E-state index contributed by atoms with van der Waals surface area (Å²) < 4.78 is 0. The van der Waals surface area contributed by atoms with Gasteiger partial charge in [-0.2, -0.15) is 0 Å². The molecule has 0 radical (unpaired) electrons. The van der Waals surface area contributed by atoms with Gasteiger partial charge in [-0.15, -0.1) is 0 Å². The summed E-state index contributed by atoms with van der Waals surface area (Å²) in [7, 11) is 0. The first-order valence-electron chi connectivity index (χ1n) is 7.39. The van der Waals surface area contributed by atoms with E-state index >= 15 is 0 Å².